The first-order valence-electron chi connectivity index (χ1n) is 10.3. The van der Waals surface area contributed by atoms with Crippen molar-refractivity contribution in [3.63, 3.8) is 0 Å². The van der Waals surface area contributed by atoms with Gasteiger partial charge >= 0.3 is 0 Å². The van der Waals surface area contributed by atoms with Crippen LogP contribution in [0.1, 0.15) is 27.3 Å². The molecule has 0 atom stereocenters. The largest absolute Gasteiger partial charge is 0.470 e. The summed E-state index contributed by atoms with van der Waals surface area (Å²) in [5.41, 5.74) is 3.78. The maximum absolute atomic E-state index is 12.9. The van der Waals surface area contributed by atoms with Crippen molar-refractivity contribution in [2.45, 2.75) is 27.1 Å². The van der Waals surface area contributed by atoms with Gasteiger partial charge < -0.3 is 9.64 Å². The Labute approximate surface area is 187 Å². The number of aryl methyl sites for hydroxylation is 3. The van der Waals surface area contributed by atoms with Crippen LogP contribution in [-0.2, 0) is 20.3 Å². The van der Waals surface area contributed by atoms with Gasteiger partial charge in [0.2, 0.25) is 0 Å². The Kier molecular flexibility index (Phi) is 6.29. The molecule has 1 aromatic carbocycles. The molecule has 0 spiro atoms. The van der Waals surface area contributed by atoms with Gasteiger partial charge in [0.25, 0.3) is 5.91 Å². The Balaban J connectivity index is 1.30. The molecule has 0 bridgehead atoms. The smallest absolute Gasteiger partial charge is 0.274 e. The molecule has 1 aliphatic rings. The number of nitrogens with zero attached hydrogens (tertiary/aromatic N) is 6. The van der Waals surface area contributed by atoms with Gasteiger partial charge in [-0.25, -0.2) is 4.68 Å². The van der Waals surface area contributed by atoms with Crippen molar-refractivity contribution in [2.24, 2.45) is 7.05 Å². The lowest BCUT2D eigenvalue weighted by Gasteiger charge is -2.34. The van der Waals surface area contributed by atoms with E-state index in [4.69, 9.17) is 16.3 Å². The van der Waals surface area contributed by atoms with Gasteiger partial charge in [-0.15, -0.1) is 0 Å². The molecule has 0 radical (unpaired) electrons. The van der Waals surface area contributed by atoms with E-state index in [-0.39, 0.29) is 12.6 Å². The summed E-state index contributed by atoms with van der Waals surface area (Å²) < 4.78 is 9.20. The first kappa shape index (κ1) is 21.4. The fraction of sp³-hybridized carbons (Fsp3) is 0.409. The van der Waals surface area contributed by atoms with E-state index in [0.29, 0.717) is 29.6 Å². The normalized spacial score (nSPS) is 14.8. The van der Waals surface area contributed by atoms with Crippen molar-refractivity contribution in [1.82, 2.24) is 29.4 Å². The van der Waals surface area contributed by atoms with E-state index in [1.54, 1.807) is 23.0 Å². The molecule has 8 nitrogen and oxygen atoms in total. The van der Waals surface area contributed by atoms with Crippen LogP contribution in [0.2, 0.25) is 5.02 Å². The summed E-state index contributed by atoms with van der Waals surface area (Å²) in [6, 6.07) is 7.34. The summed E-state index contributed by atoms with van der Waals surface area (Å²) in [5, 5.41) is 9.34. The minimum absolute atomic E-state index is 0.0513. The predicted octanol–water partition coefficient (Wildman–Crippen LogP) is 2.88. The Hall–Kier alpha value is -2.84. The van der Waals surface area contributed by atoms with Crippen LogP contribution in [0.25, 0.3) is 0 Å². The standard InChI is InChI=1S/C22H27ClN6O2/c1-16-4-5-19(23)21(12-16)31-15-29-7-6-20(25-29)22(30)28-10-8-27(9-11-28)14-18-13-26(3)24-17(18)2/h4-7,12-13H,8-11,14-15H2,1-3H3. The minimum atomic E-state index is -0.0513. The second kappa shape index (κ2) is 9.11. The van der Waals surface area contributed by atoms with Crippen LogP contribution in [0.4, 0.5) is 0 Å². The van der Waals surface area contributed by atoms with Gasteiger partial charge in [0.1, 0.15) is 5.75 Å². The van der Waals surface area contributed by atoms with Gasteiger partial charge in [0, 0.05) is 57.7 Å². The van der Waals surface area contributed by atoms with Crippen LogP contribution in [0.3, 0.4) is 0 Å². The first-order valence-corrected chi connectivity index (χ1v) is 10.7. The van der Waals surface area contributed by atoms with Crippen molar-refractivity contribution in [3.05, 3.63) is 64.2 Å². The maximum Gasteiger partial charge on any atom is 0.274 e. The molecule has 0 saturated carbocycles. The second-order valence-corrected chi connectivity index (χ2v) is 8.34. The van der Waals surface area contributed by atoms with Crippen molar-refractivity contribution < 1.29 is 9.53 Å². The summed E-state index contributed by atoms with van der Waals surface area (Å²) in [4.78, 5) is 17.1. The van der Waals surface area contributed by atoms with Gasteiger partial charge in [-0.05, 0) is 37.6 Å². The topological polar surface area (TPSA) is 68.4 Å². The van der Waals surface area contributed by atoms with Crippen molar-refractivity contribution in [3.8, 4) is 5.75 Å². The summed E-state index contributed by atoms with van der Waals surface area (Å²) in [6.07, 6.45) is 3.81. The Bertz CT molecular complexity index is 1070. The van der Waals surface area contributed by atoms with Gasteiger partial charge in [-0.1, -0.05) is 17.7 Å². The third-order valence-corrected chi connectivity index (χ3v) is 5.78. The lowest BCUT2D eigenvalue weighted by atomic mass is 10.2. The molecule has 3 aromatic rings. The van der Waals surface area contributed by atoms with E-state index in [1.807, 2.05) is 42.6 Å². The molecule has 9 heteroatoms. The Morgan fingerprint density at radius 1 is 1.13 bits per heavy atom. The van der Waals surface area contributed by atoms with Crippen LogP contribution in [0, 0.1) is 13.8 Å². The number of piperazine rings is 1. The zero-order valence-corrected chi connectivity index (χ0v) is 18.8. The molecule has 1 saturated heterocycles. The fourth-order valence-corrected chi connectivity index (χ4v) is 3.89. The van der Waals surface area contributed by atoms with Crippen LogP contribution < -0.4 is 4.74 Å². The Morgan fingerprint density at radius 3 is 2.61 bits per heavy atom. The van der Waals surface area contributed by atoms with E-state index < -0.39 is 0 Å². The quantitative estimate of drug-likeness (QED) is 0.587. The molecular weight excluding hydrogens is 416 g/mol. The highest BCUT2D eigenvalue weighted by atomic mass is 35.5. The molecule has 164 valence electrons. The first-order chi connectivity index (χ1) is 14.9. The summed E-state index contributed by atoms with van der Waals surface area (Å²) in [5.74, 6) is 0.551. The molecule has 2 aromatic heterocycles. The van der Waals surface area contributed by atoms with Gasteiger partial charge in [-0.3, -0.25) is 14.4 Å². The fourth-order valence-electron chi connectivity index (χ4n) is 3.72. The number of amides is 1. The van der Waals surface area contributed by atoms with Crippen LogP contribution in [-0.4, -0.2) is 61.4 Å². The number of benzene rings is 1. The highest BCUT2D eigenvalue weighted by molar-refractivity contribution is 6.32. The molecule has 1 aliphatic heterocycles. The zero-order chi connectivity index (χ0) is 22.0. The molecule has 0 N–H and O–H groups in total. The zero-order valence-electron chi connectivity index (χ0n) is 18.1. The maximum atomic E-state index is 12.9. The minimum Gasteiger partial charge on any atom is -0.470 e. The van der Waals surface area contributed by atoms with Crippen molar-refractivity contribution in [1.29, 1.82) is 0 Å². The molecule has 1 fully saturated rings. The SMILES string of the molecule is Cc1ccc(Cl)c(OCn2ccc(C(=O)N3CCN(Cc4cn(C)nc4C)CC3)n2)c1. The molecule has 1 amide bonds. The van der Waals surface area contributed by atoms with Crippen molar-refractivity contribution >= 4 is 17.5 Å². The van der Waals surface area contributed by atoms with E-state index >= 15 is 0 Å². The number of hydrogen-bond donors (Lipinski definition) is 0. The van der Waals surface area contributed by atoms with E-state index in [0.717, 1.165) is 30.9 Å². The molecule has 4 rings (SSSR count). The van der Waals surface area contributed by atoms with Crippen molar-refractivity contribution in [2.75, 3.05) is 26.2 Å². The lowest BCUT2D eigenvalue weighted by Crippen LogP contribution is -2.48. The summed E-state index contributed by atoms with van der Waals surface area (Å²) in [6.45, 7) is 8.07. The summed E-state index contributed by atoms with van der Waals surface area (Å²) >= 11 is 6.17. The van der Waals surface area contributed by atoms with Crippen LogP contribution in [0.5, 0.6) is 5.75 Å². The average Bonchev–Trinajstić information content (AvgIpc) is 3.35. The monoisotopic (exact) mass is 442 g/mol. The lowest BCUT2D eigenvalue weighted by molar-refractivity contribution is 0.0620. The van der Waals surface area contributed by atoms with Gasteiger partial charge in [0.15, 0.2) is 12.4 Å². The number of carbonyl (C=O) groups excluding carboxylic acids is 1. The molecule has 31 heavy (non-hydrogen) atoms. The van der Waals surface area contributed by atoms with Gasteiger partial charge in [0.05, 0.1) is 10.7 Å². The average molecular weight is 443 g/mol. The second-order valence-electron chi connectivity index (χ2n) is 7.93. The number of hydrogen-bond acceptors (Lipinski definition) is 5. The van der Waals surface area contributed by atoms with Crippen LogP contribution in [0.15, 0.2) is 36.7 Å². The molecule has 0 unspecified atom stereocenters. The number of carbonyl (C=O) groups is 1. The number of aromatic nitrogens is 4. The molecular formula is C22H27ClN6O2. The van der Waals surface area contributed by atoms with E-state index in [2.05, 4.69) is 21.3 Å². The Morgan fingerprint density at radius 2 is 1.90 bits per heavy atom. The van der Waals surface area contributed by atoms with Crippen LogP contribution >= 0.6 is 11.6 Å². The van der Waals surface area contributed by atoms with Gasteiger partial charge in [-0.2, -0.15) is 10.2 Å². The number of rotatable bonds is 6. The predicted molar refractivity (Wildman–Crippen MR) is 118 cm³/mol. The number of halogens is 1. The number of ether oxygens (including phenoxy) is 1. The summed E-state index contributed by atoms with van der Waals surface area (Å²) in [7, 11) is 1.94. The van der Waals surface area contributed by atoms with E-state index in [9.17, 15) is 4.79 Å². The third-order valence-electron chi connectivity index (χ3n) is 5.47. The van der Waals surface area contributed by atoms with E-state index in [1.165, 1.54) is 5.56 Å². The highest BCUT2D eigenvalue weighted by Gasteiger charge is 2.24. The molecule has 0 aliphatic carbocycles. The third kappa shape index (κ3) is 5.08. The highest BCUT2D eigenvalue weighted by Crippen LogP contribution is 2.25. The molecule has 3 heterocycles.